The zero-order chi connectivity index (χ0) is 17.8. The summed E-state index contributed by atoms with van der Waals surface area (Å²) < 4.78 is 2.12. The van der Waals surface area contributed by atoms with Crippen molar-refractivity contribution in [3.8, 4) is 5.69 Å². The van der Waals surface area contributed by atoms with Crippen LogP contribution in [0.2, 0.25) is 0 Å². The van der Waals surface area contributed by atoms with E-state index in [9.17, 15) is 4.79 Å². The Morgan fingerprint density at radius 1 is 1.20 bits per heavy atom. The van der Waals surface area contributed by atoms with Crippen LogP contribution in [-0.2, 0) is 4.79 Å². The van der Waals surface area contributed by atoms with Gasteiger partial charge in [-0.2, -0.15) is 0 Å². The van der Waals surface area contributed by atoms with Crippen LogP contribution in [0.15, 0.2) is 53.7 Å². The summed E-state index contributed by atoms with van der Waals surface area (Å²) in [4.78, 5) is 16.9. The summed E-state index contributed by atoms with van der Waals surface area (Å²) in [7, 11) is 0. The van der Waals surface area contributed by atoms with E-state index in [-0.39, 0.29) is 11.9 Å². The first-order chi connectivity index (χ1) is 12.1. The molecule has 0 aliphatic heterocycles. The van der Waals surface area contributed by atoms with Gasteiger partial charge in [0.1, 0.15) is 0 Å². The quantitative estimate of drug-likeness (QED) is 0.671. The Balaban J connectivity index is 1.91. The number of carbonyl (C=O) groups excluding carboxylic acids is 1. The number of carbonyl (C=O) groups is 1. The maximum absolute atomic E-state index is 12.1. The van der Waals surface area contributed by atoms with Crippen LogP contribution < -0.4 is 5.32 Å². The molecular formula is C20H23N3OS. The Kier molecular flexibility index (Phi) is 5.43. The minimum atomic E-state index is 0.0434. The summed E-state index contributed by atoms with van der Waals surface area (Å²) in [5, 5.41) is 3.84. The first-order valence-corrected chi connectivity index (χ1v) is 9.53. The van der Waals surface area contributed by atoms with Crippen LogP contribution in [-0.4, -0.2) is 27.3 Å². The molecular weight excluding hydrogens is 330 g/mol. The summed E-state index contributed by atoms with van der Waals surface area (Å²) in [6.45, 7) is 6.16. The molecule has 1 N–H and O–H groups in total. The molecule has 25 heavy (non-hydrogen) atoms. The van der Waals surface area contributed by atoms with E-state index in [1.165, 1.54) is 17.3 Å². The number of hydrogen-bond donors (Lipinski definition) is 1. The Morgan fingerprint density at radius 3 is 2.64 bits per heavy atom. The molecule has 3 aromatic rings. The lowest BCUT2D eigenvalue weighted by Gasteiger charge is -2.12. The van der Waals surface area contributed by atoms with Gasteiger partial charge >= 0.3 is 0 Å². The van der Waals surface area contributed by atoms with Crippen molar-refractivity contribution in [2.24, 2.45) is 0 Å². The normalized spacial score (nSPS) is 12.3. The molecule has 0 radical (unpaired) electrons. The third-order valence-electron chi connectivity index (χ3n) is 4.17. The lowest BCUT2D eigenvalue weighted by Crippen LogP contribution is -2.33. The predicted octanol–water partition coefficient (Wildman–Crippen LogP) is 4.34. The standard InChI is InChI=1S/C20H23N3OS/c1-4-15(3)21-19(24)13-25-20-22-17-7-5-6-8-18(17)23(20)16-11-9-14(2)10-12-16/h5-12,15H,4,13H2,1-3H3,(H,21,24)/t15-/m0/s1. The highest BCUT2D eigenvalue weighted by Crippen LogP contribution is 2.28. The minimum absolute atomic E-state index is 0.0434. The van der Waals surface area contributed by atoms with Crippen molar-refractivity contribution in [3.05, 3.63) is 54.1 Å². The van der Waals surface area contributed by atoms with E-state index in [1.54, 1.807) is 0 Å². The molecule has 2 aromatic carbocycles. The number of aromatic nitrogens is 2. The highest BCUT2D eigenvalue weighted by molar-refractivity contribution is 7.99. The molecule has 1 amide bonds. The molecule has 0 unspecified atom stereocenters. The second kappa shape index (κ2) is 7.74. The number of fused-ring (bicyclic) bond motifs is 1. The zero-order valence-electron chi connectivity index (χ0n) is 14.8. The molecule has 0 saturated carbocycles. The topological polar surface area (TPSA) is 46.9 Å². The summed E-state index contributed by atoms with van der Waals surface area (Å²) in [6.07, 6.45) is 0.929. The number of benzene rings is 2. The fourth-order valence-corrected chi connectivity index (χ4v) is 3.43. The largest absolute Gasteiger partial charge is 0.353 e. The lowest BCUT2D eigenvalue weighted by molar-refractivity contribution is -0.119. The number of rotatable bonds is 6. The third kappa shape index (κ3) is 4.04. The molecule has 0 spiro atoms. The average Bonchev–Trinajstić information content (AvgIpc) is 2.99. The second-order valence-corrected chi connectivity index (χ2v) is 7.16. The maximum Gasteiger partial charge on any atom is 0.230 e. The van der Waals surface area contributed by atoms with E-state index in [0.717, 1.165) is 28.3 Å². The van der Waals surface area contributed by atoms with Crippen LogP contribution in [0.5, 0.6) is 0 Å². The average molecular weight is 353 g/mol. The van der Waals surface area contributed by atoms with Crippen molar-refractivity contribution in [2.75, 3.05) is 5.75 Å². The highest BCUT2D eigenvalue weighted by atomic mass is 32.2. The number of imidazole rings is 1. The number of thioether (sulfide) groups is 1. The van der Waals surface area contributed by atoms with Gasteiger partial charge in [-0.15, -0.1) is 0 Å². The summed E-state index contributed by atoms with van der Waals surface area (Å²) in [6, 6.07) is 16.6. The van der Waals surface area contributed by atoms with Gasteiger partial charge < -0.3 is 5.32 Å². The first-order valence-electron chi connectivity index (χ1n) is 8.55. The molecule has 4 nitrogen and oxygen atoms in total. The molecule has 1 aromatic heterocycles. The SMILES string of the molecule is CC[C@H](C)NC(=O)CSc1nc2ccccc2n1-c1ccc(C)cc1. The van der Waals surface area contributed by atoms with Gasteiger partial charge in [0.25, 0.3) is 0 Å². The third-order valence-corrected chi connectivity index (χ3v) is 5.11. The summed E-state index contributed by atoms with van der Waals surface area (Å²) in [5.74, 6) is 0.404. The second-order valence-electron chi connectivity index (χ2n) is 6.22. The Morgan fingerprint density at radius 2 is 1.92 bits per heavy atom. The van der Waals surface area contributed by atoms with Crippen LogP contribution in [0.1, 0.15) is 25.8 Å². The van der Waals surface area contributed by atoms with Crippen molar-refractivity contribution < 1.29 is 4.79 Å². The smallest absolute Gasteiger partial charge is 0.230 e. The highest BCUT2D eigenvalue weighted by Gasteiger charge is 2.14. The summed E-state index contributed by atoms with van der Waals surface area (Å²) >= 11 is 1.47. The number of amides is 1. The molecule has 0 aliphatic carbocycles. The van der Waals surface area contributed by atoms with Crippen LogP contribution >= 0.6 is 11.8 Å². The fraction of sp³-hybridized carbons (Fsp3) is 0.300. The fourth-order valence-electron chi connectivity index (χ4n) is 2.59. The van der Waals surface area contributed by atoms with Crippen molar-refractivity contribution in [3.63, 3.8) is 0 Å². The number of hydrogen-bond acceptors (Lipinski definition) is 3. The molecule has 1 heterocycles. The molecule has 3 rings (SSSR count). The van der Waals surface area contributed by atoms with Gasteiger partial charge in [-0.3, -0.25) is 9.36 Å². The van der Waals surface area contributed by atoms with Gasteiger partial charge in [-0.1, -0.05) is 48.5 Å². The van der Waals surface area contributed by atoms with E-state index in [1.807, 2.05) is 25.1 Å². The minimum Gasteiger partial charge on any atom is -0.353 e. The molecule has 5 heteroatoms. The molecule has 1 atom stereocenters. The van der Waals surface area contributed by atoms with E-state index in [4.69, 9.17) is 4.98 Å². The number of nitrogens with zero attached hydrogens (tertiary/aromatic N) is 2. The zero-order valence-corrected chi connectivity index (χ0v) is 15.6. The Bertz CT molecular complexity index is 870. The number of nitrogens with one attached hydrogen (secondary N) is 1. The monoisotopic (exact) mass is 353 g/mol. The van der Waals surface area contributed by atoms with Crippen LogP contribution in [0.3, 0.4) is 0 Å². The van der Waals surface area contributed by atoms with E-state index in [2.05, 4.69) is 54.1 Å². The molecule has 130 valence electrons. The van der Waals surface area contributed by atoms with Crippen LogP contribution in [0.25, 0.3) is 16.7 Å². The number of aryl methyl sites for hydroxylation is 1. The Labute approximate surface area is 152 Å². The van der Waals surface area contributed by atoms with Gasteiger partial charge in [0, 0.05) is 11.7 Å². The van der Waals surface area contributed by atoms with Gasteiger partial charge in [-0.25, -0.2) is 4.98 Å². The van der Waals surface area contributed by atoms with Gasteiger partial charge in [0.15, 0.2) is 5.16 Å². The van der Waals surface area contributed by atoms with Gasteiger partial charge in [-0.05, 0) is 44.5 Å². The van der Waals surface area contributed by atoms with E-state index < -0.39 is 0 Å². The first kappa shape index (κ1) is 17.5. The van der Waals surface area contributed by atoms with E-state index >= 15 is 0 Å². The predicted molar refractivity (Wildman–Crippen MR) is 104 cm³/mol. The number of para-hydroxylation sites is 2. The molecule has 0 bridgehead atoms. The Hall–Kier alpha value is -2.27. The van der Waals surface area contributed by atoms with Crippen molar-refractivity contribution in [1.29, 1.82) is 0 Å². The molecule has 0 fully saturated rings. The summed E-state index contributed by atoms with van der Waals surface area (Å²) in [5.41, 5.74) is 4.27. The molecule has 0 saturated heterocycles. The van der Waals surface area contributed by atoms with Crippen LogP contribution in [0.4, 0.5) is 0 Å². The van der Waals surface area contributed by atoms with Crippen molar-refractivity contribution >= 4 is 28.7 Å². The van der Waals surface area contributed by atoms with Crippen molar-refractivity contribution in [1.82, 2.24) is 14.9 Å². The van der Waals surface area contributed by atoms with Crippen molar-refractivity contribution in [2.45, 2.75) is 38.4 Å². The lowest BCUT2D eigenvalue weighted by atomic mass is 10.2. The maximum atomic E-state index is 12.1. The van der Waals surface area contributed by atoms with Crippen LogP contribution in [0, 0.1) is 6.92 Å². The van der Waals surface area contributed by atoms with E-state index in [0.29, 0.717) is 5.75 Å². The molecule has 0 aliphatic rings. The van der Waals surface area contributed by atoms with Gasteiger partial charge in [0.2, 0.25) is 5.91 Å². The van der Waals surface area contributed by atoms with Gasteiger partial charge in [0.05, 0.1) is 16.8 Å².